The van der Waals surface area contributed by atoms with Crippen LogP contribution in [0, 0.1) is 0 Å². The van der Waals surface area contributed by atoms with Gasteiger partial charge in [0.2, 0.25) is 0 Å². The Morgan fingerprint density at radius 3 is 2.70 bits per heavy atom. The van der Waals surface area contributed by atoms with Crippen LogP contribution in [-0.4, -0.2) is 18.2 Å². The average molecular weight is 144 g/mol. The van der Waals surface area contributed by atoms with E-state index in [1.807, 2.05) is 6.92 Å². The number of aliphatic hydroxyl groups is 1. The number of allylic oxidation sites excluding steroid dienone is 1. The first-order chi connectivity index (χ1) is 4.72. The first kappa shape index (κ1) is 9.01. The van der Waals surface area contributed by atoms with E-state index < -0.39 is 5.97 Å². The van der Waals surface area contributed by atoms with E-state index in [0.29, 0.717) is 6.42 Å². The van der Waals surface area contributed by atoms with Crippen molar-refractivity contribution in [2.24, 2.45) is 0 Å². The van der Waals surface area contributed by atoms with E-state index in [1.54, 1.807) is 0 Å². The highest BCUT2D eigenvalue weighted by atomic mass is 16.5. The first-order valence-corrected chi connectivity index (χ1v) is 3.19. The molecule has 0 saturated carbocycles. The molecule has 1 N–H and O–H groups in total. The number of hydrogen-bond acceptors (Lipinski definition) is 3. The van der Waals surface area contributed by atoms with Crippen molar-refractivity contribution < 1.29 is 14.6 Å². The normalized spacial score (nSPS) is 11.2. The van der Waals surface area contributed by atoms with Crippen LogP contribution in [0.1, 0.15) is 19.8 Å². The smallest absolute Gasteiger partial charge is 0.372 e. The predicted octanol–water partition coefficient (Wildman–Crippen LogP) is 1.40. The number of aliphatic hydroxyl groups excluding tert-OH is 1. The largest absolute Gasteiger partial charge is 0.502 e. The maximum Gasteiger partial charge on any atom is 0.372 e. The fourth-order valence-corrected chi connectivity index (χ4v) is 0.469. The molecule has 58 valence electrons. The van der Waals surface area contributed by atoms with Crippen LogP contribution in [0.5, 0.6) is 0 Å². The monoisotopic (exact) mass is 144 g/mol. The Balaban J connectivity index is 3.80. The number of esters is 1. The number of rotatable bonds is 3. The molecular weight excluding hydrogens is 132 g/mol. The Hall–Kier alpha value is -0.990. The molecule has 0 heterocycles. The van der Waals surface area contributed by atoms with Gasteiger partial charge in [0.15, 0.2) is 5.76 Å². The standard InChI is InChI=1S/C7H12O3/c1-3-4-5-6(8)7(9)10-2/h5,8H,3-4H2,1-2H3/b6-5-. The average Bonchev–Trinajstić information content (AvgIpc) is 1.98. The highest BCUT2D eigenvalue weighted by molar-refractivity contribution is 5.85. The summed E-state index contributed by atoms with van der Waals surface area (Å²) >= 11 is 0. The highest BCUT2D eigenvalue weighted by Gasteiger charge is 2.03. The van der Waals surface area contributed by atoms with E-state index in [0.717, 1.165) is 6.42 Å². The van der Waals surface area contributed by atoms with Crippen LogP contribution >= 0.6 is 0 Å². The minimum atomic E-state index is -0.673. The zero-order valence-corrected chi connectivity index (χ0v) is 6.26. The lowest BCUT2D eigenvalue weighted by Gasteiger charge is -1.95. The second kappa shape index (κ2) is 4.85. The highest BCUT2D eigenvalue weighted by Crippen LogP contribution is 1.96. The van der Waals surface area contributed by atoms with E-state index in [1.165, 1.54) is 13.2 Å². The maximum absolute atomic E-state index is 10.5. The van der Waals surface area contributed by atoms with E-state index >= 15 is 0 Å². The molecule has 0 spiro atoms. The fraction of sp³-hybridized carbons (Fsp3) is 0.571. The van der Waals surface area contributed by atoms with Gasteiger partial charge in [-0.05, 0) is 12.5 Å². The molecule has 0 aromatic heterocycles. The van der Waals surface area contributed by atoms with Crippen LogP contribution in [-0.2, 0) is 9.53 Å². The first-order valence-electron chi connectivity index (χ1n) is 3.19. The second-order valence-electron chi connectivity index (χ2n) is 1.87. The molecular formula is C7H12O3. The summed E-state index contributed by atoms with van der Waals surface area (Å²) in [4.78, 5) is 10.5. The van der Waals surface area contributed by atoms with Gasteiger partial charge in [0.1, 0.15) is 0 Å². The molecule has 3 heteroatoms. The summed E-state index contributed by atoms with van der Waals surface area (Å²) in [5.74, 6) is -0.974. The van der Waals surface area contributed by atoms with Gasteiger partial charge < -0.3 is 9.84 Å². The maximum atomic E-state index is 10.5. The minimum absolute atomic E-state index is 0.302. The van der Waals surface area contributed by atoms with Crippen molar-refractivity contribution in [1.29, 1.82) is 0 Å². The van der Waals surface area contributed by atoms with Gasteiger partial charge in [-0.25, -0.2) is 4.79 Å². The van der Waals surface area contributed by atoms with Crippen molar-refractivity contribution in [3.8, 4) is 0 Å². The molecule has 0 radical (unpaired) electrons. The SMILES string of the molecule is CCC/C=C(\O)C(=O)OC. The Labute approximate surface area is 60.3 Å². The molecule has 0 aliphatic heterocycles. The van der Waals surface area contributed by atoms with Gasteiger partial charge in [-0.1, -0.05) is 13.3 Å². The van der Waals surface area contributed by atoms with Gasteiger partial charge in [0, 0.05) is 0 Å². The number of carbonyl (C=O) groups excluding carboxylic acids is 1. The van der Waals surface area contributed by atoms with Gasteiger partial charge in [0.05, 0.1) is 7.11 Å². The molecule has 0 amide bonds. The van der Waals surface area contributed by atoms with E-state index in [4.69, 9.17) is 5.11 Å². The Bertz CT molecular complexity index is 138. The van der Waals surface area contributed by atoms with Crippen LogP contribution in [0.15, 0.2) is 11.8 Å². The predicted molar refractivity (Wildman–Crippen MR) is 37.6 cm³/mol. The van der Waals surface area contributed by atoms with Crippen molar-refractivity contribution in [2.75, 3.05) is 7.11 Å². The molecule has 0 aromatic rings. The summed E-state index contributed by atoms with van der Waals surface area (Å²) in [7, 11) is 1.23. The summed E-state index contributed by atoms with van der Waals surface area (Å²) in [6.07, 6.45) is 3.05. The third-order valence-electron chi connectivity index (χ3n) is 1.02. The molecule has 0 bridgehead atoms. The minimum Gasteiger partial charge on any atom is -0.502 e. The third-order valence-corrected chi connectivity index (χ3v) is 1.02. The van der Waals surface area contributed by atoms with Crippen molar-refractivity contribution >= 4 is 5.97 Å². The van der Waals surface area contributed by atoms with Crippen molar-refractivity contribution in [2.45, 2.75) is 19.8 Å². The number of methoxy groups -OCH3 is 1. The van der Waals surface area contributed by atoms with E-state index in [2.05, 4.69) is 4.74 Å². The van der Waals surface area contributed by atoms with Crippen molar-refractivity contribution in [3.63, 3.8) is 0 Å². The lowest BCUT2D eigenvalue weighted by molar-refractivity contribution is -0.139. The lowest BCUT2D eigenvalue weighted by Crippen LogP contribution is -2.03. The zero-order valence-electron chi connectivity index (χ0n) is 6.26. The molecule has 10 heavy (non-hydrogen) atoms. The number of carbonyl (C=O) groups is 1. The summed E-state index contributed by atoms with van der Waals surface area (Å²) in [5.41, 5.74) is 0. The van der Waals surface area contributed by atoms with Crippen LogP contribution in [0.25, 0.3) is 0 Å². The van der Waals surface area contributed by atoms with Crippen LogP contribution < -0.4 is 0 Å². The van der Waals surface area contributed by atoms with Gasteiger partial charge in [-0.3, -0.25) is 0 Å². The molecule has 0 fully saturated rings. The molecule has 0 aliphatic rings. The topological polar surface area (TPSA) is 46.5 Å². The molecule has 3 nitrogen and oxygen atoms in total. The quantitative estimate of drug-likeness (QED) is 0.370. The second-order valence-corrected chi connectivity index (χ2v) is 1.87. The van der Waals surface area contributed by atoms with Gasteiger partial charge in [-0.15, -0.1) is 0 Å². The number of unbranched alkanes of at least 4 members (excludes halogenated alkanes) is 1. The lowest BCUT2D eigenvalue weighted by atomic mass is 10.3. The summed E-state index contributed by atoms with van der Waals surface area (Å²) in [6.45, 7) is 1.96. The van der Waals surface area contributed by atoms with Crippen molar-refractivity contribution in [1.82, 2.24) is 0 Å². The molecule has 0 rings (SSSR count). The van der Waals surface area contributed by atoms with Crippen LogP contribution in [0.3, 0.4) is 0 Å². The molecule has 0 atom stereocenters. The Kier molecular flexibility index (Phi) is 4.37. The number of ether oxygens (including phenoxy) is 1. The van der Waals surface area contributed by atoms with Gasteiger partial charge in [0.25, 0.3) is 0 Å². The molecule has 0 unspecified atom stereocenters. The van der Waals surface area contributed by atoms with Gasteiger partial charge in [-0.2, -0.15) is 0 Å². The van der Waals surface area contributed by atoms with Crippen LogP contribution in [0.2, 0.25) is 0 Å². The summed E-state index contributed by atoms with van der Waals surface area (Å²) < 4.78 is 4.25. The van der Waals surface area contributed by atoms with Gasteiger partial charge >= 0.3 is 5.97 Å². The molecule has 0 saturated heterocycles. The van der Waals surface area contributed by atoms with Crippen LogP contribution in [0.4, 0.5) is 0 Å². The third kappa shape index (κ3) is 3.12. The van der Waals surface area contributed by atoms with E-state index in [9.17, 15) is 4.79 Å². The zero-order chi connectivity index (χ0) is 7.98. The number of hydrogen-bond donors (Lipinski definition) is 1. The Morgan fingerprint density at radius 1 is 1.70 bits per heavy atom. The molecule has 0 aromatic carbocycles. The fourth-order valence-electron chi connectivity index (χ4n) is 0.469. The molecule has 0 aliphatic carbocycles. The Morgan fingerprint density at radius 2 is 2.30 bits per heavy atom. The summed E-state index contributed by atoms with van der Waals surface area (Å²) in [5, 5.41) is 8.84. The van der Waals surface area contributed by atoms with E-state index in [-0.39, 0.29) is 5.76 Å². The van der Waals surface area contributed by atoms with Crippen molar-refractivity contribution in [3.05, 3.63) is 11.8 Å². The summed E-state index contributed by atoms with van der Waals surface area (Å²) in [6, 6.07) is 0.